The molecule has 1 aromatic rings. The third kappa shape index (κ3) is 3.39. The van der Waals surface area contributed by atoms with E-state index in [2.05, 4.69) is 4.98 Å². The largest absolute Gasteiger partial charge is 0.473 e. The molecule has 0 unspecified atom stereocenters. The number of hydrogen-bond donors (Lipinski definition) is 0. The van der Waals surface area contributed by atoms with Crippen molar-refractivity contribution in [3.63, 3.8) is 0 Å². The fourth-order valence-electron chi connectivity index (χ4n) is 0.871. The number of halogens is 3. The Morgan fingerprint density at radius 1 is 1.20 bits per heavy atom. The lowest BCUT2D eigenvalue weighted by Gasteiger charge is -2.06. The molecule has 84 valence electrons. The lowest BCUT2D eigenvalue weighted by Crippen LogP contribution is -2.09. The van der Waals surface area contributed by atoms with Gasteiger partial charge in [-0.1, -0.05) is 0 Å². The Kier molecular flexibility index (Phi) is 4.36. The molecular weight excluding hydrogens is 211 g/mol. The number of aromatic nitrogens is 1. The molecule has 1 rings (SSSR count). The van der Waals surface area contributed by atoms with Crippen LogP contribution in [0.5, 0.6) is 5.88 Å². The summed E-state index contributed by atoms with van der Waals surface area (Å²) in [5.41, 5.74) is 0. The highest BCUT2D eigenvalue weighted by Gasteiger charge is 2.12. The zero-order valence-electron chi connectivity index (χ0n) is 8.10. The van der Waals surface area contributed by atoms with Gasteiger partial charge in [0.05, 0.1) is 6.61 Å². The molecule has 6 heteroatoms. The molecule has 3 nitrogen and oxygen atoms in total. The molecule has 0 radical (unpaired) electrons. The maximum atomic E-state index is 12.9. The molecule has 0 aromatic carbocycles. The van der Waals surface area contributed by atoms with Crippen LogP contribution in [0.4, 0.5) is 13.2 Å². The number of rotatable bonds is 5. The molecule has 0 aliphatic heterocycles. The van der Waals surface area contributed by atoms with Crippen molar-refractivity contribution in [3.8, 4) is 5.88 Å². The Hall–Kier alpha value is -1.30. The van der Waals surface area contributed by atoms with Crippen LogP contribution >= 0.6 is 0 Å². The Morgan fingerprint density at radius 3 is 2.60 bits per heavy atom. The van der Waals surface area contributed by atoms with Crippen LogP contribution in [0.1, 0.15) is 6.92 Å². The van der Waals surface area contributed by atoms with E-state index in [1.54, 1.807) is 6.92 Å². The fraction of sp³-hybridized carbons (Fsp3) is 0.444. The standard InChI is InChI=1S/C9H10F3NO2/c1-2-14-3-4-15-9-7(11)5-6(10)8(12)13-9/h5H,2-4H2,1H3. The number of nitrogens with zero attached hydrogens (tertiary/aromatic N) is 1. The minimum Gasteiger partial charge on any atom is -0.473 e. The maximum Gasteiger partial charge on any atom is 0.253 e. The second kappa shape index (κ2) is 5.55. The first-order valence-corrected chi connectivity index (χ1v) is 4.37. The van der Waals surface area contributed by atoms with Gasteiger partial charge in [0.25, 0.3) is 11.8 Å². The molecule has 0 N–H and O–H groups in total. The summed E-state index contributed by atoms with van der Waals surface area (Å²) in [4.78, 5) is 2.98. The quantitative estimate of drug-likeness (QED) is 0.562. The van der Waals surface area contributed by atoms with Crippen molar-refractivity contribution in [3.05, 3.63) is 23.6 Å². The van der Waals surface area contributed by atoms with Crippen LogP contribution in [0, 0.1) is 17.6 Å². The van der Waals surface area contributed by atoms with E-state index in [1.165, 1.54) is 0 Å². The third-order valence-corrected chi connectivity index (χ3v) is 1.53. The Labute approximate surface area is 84.8 Å². The second-order valence-electron chi connectivity index (χ2n) is 2.59. The lowest BCUT2D eigenvalue weighted by atomic mass is 10.4. The van der Waals surface area contributed by atoms with Crippen molar-refractivity contribution in [1.29, 1.82) is 0 Å². The van der Waals surface area contributed by atoms with Gasteiger partial charge in [-0.25, -0.2) is 8.78 Å². The van der Waals surface area contributed by atoms with Gasteiger partial charge in [0.15, 0.2) is 11.6 Å². The predicted octanol–water partition coefficient (Wildman–Crippen LogP) is 1.91. The summed E-state index contributed by atoms with van der Waals surface area (Å²) in [6, 6.07) is 0.387. The molecule has 15 heavy (non-hydrogen) atoms. The summed E-state index contributed by atoms with van der Waals surface area (Å²) in [7, 11) is 0. The van der Waals surface area contributed by atoms with E-state index >= 15 is 0 Å². The van der Waals surface area contributed by atoms with E-state index in [4.69, 9.17) is 9.47 Å². The average molecular weight is 221 g/mol. The summed E-state index contributed by atoms with van der Waals surface area (Å²) < 4.78 is 47.6. The van der Waals surface area contributed by atoms with E-state index in [0.717, 1.165) is 0 Å². The first kappa shape index (κ1) is 11.8. The monoisotopic (exact) mass is 221 g/mol. The van der Waals surface area contributed by atoms with Crippen molar-refractivity contribution in [2.24, 2.45) is 0 Å². The van der Waals surface area contributed by atoms with Gasteiger partial charge in [-0.3, -0.25) is 0 Å². The van der Waals surface area contributed by atoms with Crippen molar-refractivity contribution in [2.75, 3.05) is 19.8 Å². The van der Waals surface area contributed by atoms with Crippen LogP contribution < -0.4 is 4.74 Å². The molecule has 0 aliphatic carbocycles. The van der Waals surface area contributed by atoms with Gasteiger partial charge in [0.2, 0.25) is 0 Å². The van der Waals surface area contributed by atoms with E-state index in [1.807, 2.05) is 0 Å². The number of pyridine rings is 1. The molecule has 0 atom stereocenters. The van der Waals surface area contributed by atoms with Gasteiger partial charge in [-0.15, -0.1) is 0 Å². The smallest absolute Gasteiger partial charge is 0.253 e. The maximum absolute atomic E-state index is 12.9. The van der Waals surface area contributed by atoms with Crippen LogP contribution in [-0.4, -0.2) is 24.8 Å². The Balaban J connectivity index is 2.57. The van der Waals surface area contributed by atoms with Gasteiger partial charge in [-0.2, -0.15) is 9.37 Å². The van der Waals surface area contributed by atoms with Gasteiger partial charge >= 0.3 is 0 Å². The normalized spacial score (nSPS) is 10.4. The highest BCUT2D eigenvalue weighted by Crippen LogP contribution is 2.16. The zero-order valence-corrected chi connectivity index (χ0v) is 8.10. The van der Waals surface area contributed by atoms with Crippen molar-refractivity contribution < 1.29 is 22.6 Å². The molecule has 0 bridgehead atoms. The van der Waals surface area contributed by atoms with Crippen LogP contribution in [-0.2, 0) is 4.74 Å². The molecule has 0 spiro atoms. The van der Waals surface area contributed by atoms with E-state index in [0.29, 0.717) is 12.7 Å². The summed E-state index contributed by atoms with van der Waals surface area (Å²) in [6.45, 7) is 2.55. The summed E-state index contributed by atoms with van der Waals surface area (Å²) in [5, 5.41) is 0. The molecule has 1 heterocycles. The average Bonchev–Trinajstić information content (AvgIpc) is 2.20. The first-order chi connectivity index (χ1) is 7.15. The predicted molar refractivity (Wildman–Crippen MR) is 46.1 cm³/mol. The van der Waals surface area contributed by atoms with Gasteiger partial charge < -0.3 is 9.47 Å². The third-order valence-electron chi connectivity index (χ3n) is 1.53. The minimum absolute atomic E-state index is 0.0306. The summed E-state index contributed by atoms with van der Waals surface area (Å²) in [6.07, 6.45) is 0. The molecular formula is C9H10F3NO2. The van der Waals surface area contributed by atoms with E-state index in [9.17, 15) is 13.2 Å². The van der Waals surface area contributed by atoms with Crippen molar-refractivity contribution >= 4 is 0 Å². The zero-order chi connectivity index (χ0) is 11.3. The summed E-state index contributed by atoms with van der Waals surface area (Å²) >= 11 is 0. The molecule has 0 fully saturated rings. The molecule has 0 aliphatic rings. The Morgan fingerprint density at radius 2 is 1.93 bits per heavy atom. The SMILES string of the molecule is CCOCCOc1nc(F)c(F)cc1F. The van der Waals surface area contributed by atoms with E-state index in [-0.39, 0.29) is 13.2 Å². The lowest BCUT2D eigenvalue weighted by molar-refractivity contribution is 0.106. The van der Waals surface area contributed by atoms with E-state index < -0.39 is 23.5 Å². The fourth-order valence-corrected chi connectivity index (χ4v) is 0.871. The van der Waals surface area contributed by atoms with Crippen LogP contribution in [0.2, 0.25) is 0 Å². The van der Waals surface area contributed by atoms with Crippen molar-refractivity contribution in [2.45, 2.75) is 6.92 Å². The molecule has 1 aromatic heterocycles. The van der Waals surface area contributed by atoms with Gasteiger partial charge in [0.1, 0.15) is 6.61 Å². The van der Waals surface area contributed by atoms with Crippen LogP contribution in [0.25, 0.3) is 0 Å². The molecule has 0 saturated heterocycles. The summed E-state index contributed by atoms with van der Waals surface area (Å²) in [5.74, 6) is -4.33. The van der Waals surface area contributed by atoms with Crippen LogP contribution in [0.3, 0.4) is 0 Å². The topological polar surface area (TPSA) is 31.4 Å². The number of ether oxygens (including phenoxy) is 2. The van der Waals surface area contributed by atoms with Crippen LogP contribution in [0.15, 0.2) is 6.07 Å². The molecule has 0 amide bonds. The first-order valence-electron chi connectivity index (χ1n) is 4.37. The second-order valence-corrected chi connectivity index (χ2v) is 2.59. The van der Waals surface area contributed by atoms with Gasteiger partial charge in [-0.05, 0) is 6.92 Å². The highest BCUT2D eigenvalue weighted by molar-refractivity contribution is 5.14. The molecule has 0 saturated carbocycles. The Bertz CT molecular complexity index is 333. The van der Waals surface area contributed by atoms with Crippen molar-refractivity contribution in [1.82, 2.24) is 4.98 Å². The highest BCUT2D eigenvalue weighted by atomic mass is 19.2. The van der Waals surface area contributed by atoms with Gasteiger partial charge in [0, 0.05) is 12.7 Å². The number of hydrogen-bond acceptors (Lipinski definition) is 3. The minimum atomic E-state index is -1.39.